The molecule has 0 aliphatic heterocycles. The number of carbonyl (C=O) groups is 2. The first kappa shape index (κ1) is 14.8. The SMILES string of the molecule is COc1cccc(C(C(N)=O)c2ccc(C(C)=O)cc2)c1. The van der Waals surface area contributed by atoms with Crippen LogP contribution >= 0.6 is 0 Å². The minimum atomic E-state index is -0.568. The molecule has 21 heavy (non-hydrogen) atoms. The van der Waals surface area contributed by atoms with Crippen LogP contribution < -0.4 is 10.5 Å². The van der Waals surface area contributed by atoms with Gasteiger partial charge in [-0.05, 0) is 30.2 Å². The van der Waals surface area contributed by atoms with E-state index in [4.69, 9.17) is 10.5 Å². The molecule has 1 atom stereocenters. The number of nitrogens with two attached hydrogens (primary N) is 1. The molecule has 2 rings (SSSR count). The monoisotopic (exact) mass is 283 g/mol. The highest BCUT2D eigenvalue weighted by molar-refractivity contribution is 5.94. The Kier molecular flexibility index (Phi) is 4.38. The Bertz CT molecular complexity index is 662. The molecule has 1 amide bonds. The van der Waals surface area contributed by atoms with E-state index in [0.717, 1.165) is 11.1 Å². The number of hydrogen-bond acceptors (Lipinski definition) is 3. The van der Waals surface area contributed by atoms with Gasteiger partial charge in [-0.15, -0.1) is 0 Å². The van der Waals surface area contributed by atoms with E-state index in [1.165, 1.54) is 6.92 Å². The van der Waals surface area contributed by atoms with Gasteiger partial charge in [0.15, 0.2) is 5.78 Å². The van der Waals surface area contributed by atoms with Gasteiger partial charge >= 0.3 is 0 Å². The average molecular weight is 283 g/mol. The lowest BCUT2D eigenvalue weighted by molar-refractivity contribution is -0.118. The maximum atomic E-state index is 11.8. The van der Waals surface area contributed by atoms with Crippen molar-refractivity contribution in [2.45, 2.75) is 12.8 Å². The van der Waals surface area contributed by atoms with Crippen LogP contribution in [0.4, 0.5) is 0 Å². The van der Waals surface area contributed by atoms with Crippen LogP contribution in [0, 0.1) is 0 Å². The van der Waals surface area contributed by atoms with E-state index in [9.17, 15) is 9.59 Å². The predicted octanol–water partition coefficient (Wildman–Crippen LogP) is 2.52. The first-order chi connectivity index (χ1) is 10.0. The zero-order valence-corrected chi connectivity index (χ0v) is 12.0. The standard InChI is InChI=1S/C17H17NO3/c1-11(19)12-6-8-13(9-7-12)16(17(18)20)14-4-3-5-15(10-14)21-2/h3-10,16H,1-2H3,(H2,18,20). The van der Waals surface area contributed by atoms with Crippen molar-refractivity contribution in [3.8, 4) is 5.75 Å². The van der Waals surface area contributed by atoms with Gasteiger partial charge in [-0.3, -0.25) is 9.59 Å². The molecular weight excluding hydrogens is 266 g/mol. The molecule has 0 saturated heterocycles. The van der Waals surface area contributed by atoms with Gasteiger partial charge in [0, 0.05) is 5.56 Å². The number of methoxy groups -OCH3 is 1. The van der Waals surface area contributed by atoms with Crippen LogP contribution in [0.2, 0.25) is 0 Å². The quantitative estimate of drug-likeness (QED) is 0.857. The molecular formula is C17H17NO3. The van der Waals surface area contributed by atoms with Crippen LogP contribution in [0.15, 0.2) is 48.5 Å². The zero-order valence-electron chi connectivity index (χ0n) is 12.0. The maximum Gasteiger partial charge on any atom is 0.229 e. The van der Waals surface area contributed by atoms with Crippen molar-refractivity contribution in [3.05, 3.63) is 65.2 Å². The molecule has 4 heteroatoms. The highest BCUT2D eigenvalue weighted by Gasteiger charge is 2.20. The second-order valence-corrected chi connectivity index (χ2v) is 4.79. The Hall–Kier alpha value is -2.62. The lowest BCUT2D eigenvalue weighted by Crippen LogP contribution is -2.22. The van der Waals surface area contributed by atoms with Crippen molar-refractivity contribution < 1.29 is 14.3 Å². The van der Waals surface area contributed by atoms with Gasteiger partial charge in [0.25, 0.3) is 0 Å². The summed E-state index contributed by atoms with van der Waals surface area (Å²) in [4.78, 5) is 23.1. The van der Waals surface area contributed by atoms with Crippen molar-refractivity contribution in [1.82, 2.24) is 0 Å². The molecule has 0 aromatic heterocycles. The maximum absolute atomic E-state index is 11.8. The third-order valence-electron chi connectivity index (χ3n) is 3.36. The molecule has 0 bridgehead atoms. The highest BCUT2D eigenvalue weighted by atomic mass is 16.5. The summed E-state index contributed by atoms with van der Waals surface area (Å²) < 4.78 is 5.17. The number of primary amides is 1. The summed E-state index contributed by atoms with van der Waals surface area (Å²) in [5.74, 6) is -0.363. The van der Waals surface area contributed by atoms with Crippen LogP contribution in [0.3, 0.4) is 0 Å². The number of benzene rings is 2. The predicted molar refractivity (Wildman–Crippen MR) is 80.5 cm³/mol. The Morgan fingerprint density at radius 3 is 2.24 bits per heavy atom. The van der Waals surface area contributed by atoms with Gasteiger partial charge in [-0.1, -0.05) is 36.4 Å². The lowest BCUT2D eigenvalue weighted by atomic mass is 9.90. The zero-order chi connectivity index (χ0) is 15.4. The summed E-state index contributed by atoms with van der Waals surface area (Å²) in [6.45, 7) is 1.50. The molecule has 2 aromatic rings. The van der Waals surface area contributed by atoms with Gasteiger partial charge < -0.3 is 10.5 Å². The molecule has 0 saturated carbocycles. The molecule has 0 spiro atoms. The van der Waals surface area contributed by atoms with Gasteiger partial charge in [0.2, 0.25) is 5.91 Å². The topological polar surface area (TPSA) is 69.4 Å². The number of rotatable bonds is 5. The normalized spacial score (nSPS) is 11.7. The Labute approximate surface area is 123 Å². The van der Waals surface area contributed by atoms with E-state index < -0.39 is 11.8 Å². The first-order valence-corrected chi connectivity index (χ1v) is 6.57. The number of ether oxygens (including phenoxy) is 1. The van der Waals surface area contributed by atoms with Crippen molar-refractivity contribution >= 4 is 11.7 Å². The number of ketones is 1. The van der Waals surface area contributed by atoms with Crippen molar-refractivity contribution in [2.24, 2.45) is 5.73 Å². The van der Waals surface area contributed by atoms with Crippen LogP contribution in [-0.4, -0.2) is 18.8 Å². The van der Waals surface area contributed by atoms with E-state index >= 15 is 0 Å². The van der Waals surface area contributed by atoms with E-state index in [2.05, 4.69) is 0 Å². The lowest BCUT2D eigenvalue weighted by Gasteiger charge is -2.15. The second kappa shape index (κ2) is 6.22. The molecule has 2 N–H and O–H groups in total. The third-order valence-corrected chi connectivity index (χ3v) is 3.36. The van der Waals surface area contributed by atoms with Crippen molar-refractivity contribution in [1.29, 1.82) is 0 Å². The van der Waals surface area contributed by atoms with Crippen molar-refractivity contribution in [3.63, 3.8) is 0 Å². The minimum Gasteiger partial charge on any atom is -0.497 e. The van der Waals surface area contributed by atoms with E-state index in [1.54, 1.807) is 43.5 Å². The molecule has 4 nitrogen and oxygen atoms in total. The average Bonchev–Trinajstić information content (AvgIpc) is 2.48. The molecule has 0 heterocycles. The minimum absolute atomic E-state index is 0.0152. The fraction of sp³-hybridized carbons (Fsp3) is 0.176. The summed E-state index contributed by atoms with van der Waals surface area (Å²) >= 11 is 0. The Morgan fingerprint density at radius 2 is 1.71 bits per heavy atom. The fourth-order valence-electron chi connectivity index (χ4n) is 2.25. The van der Waals surface area contributed by atoms with Crippen LogP contribution in [0.5, 0.6) is 5.75 Å². The smallest absolute Gasteiger partial charge is 0.229 e. The molecule has 1 unspecified atom stereocenters. The molecule has 0 radical (unpaired) electrons. The van der Waals surface area contributed by atoms with Crippen LogP contribution in [0.25, 0.3) is 0 Å². The van der Waals surface area contributed by atoms with E-state index in [0.29, 0.717) is 11.3 Å². The van der Waals surface area contributed by atoms with Gasteiger partial charge in [0.1, 0.15) is 5.75 Å². The summed E-state index contributed by atoms with van der Waals surface area (Å²) in [6, 6.07) is 14.2. The third kappa shape index (κ3) is 3.28. The van der Waals surface area contributed by atoms with Gasteiger partial charge in [-0.25, -0.2) is 0 Å². The molecule has 0 fully saturated rings. The molecule has 2 aromatic carbocycles. The molecule has 0 aliphatic rings. The van der Waals surface area contributed by atoms with Gasteiger partial charge in [0.05, 0.1) is 13.0 Å². The number of amides is 1. The highest BCUT2D eigenvalue weighted by Crippen LogP contribution is 2.27. The van der Waals surface area contributed by atoms with Crippen molar-refractivity contribution in [2.75, 3.05) is 7.11 Å². The largest absolute Gasteiger partial charge is 0.497 e. The Morgan fingerprint density at radius 1 is 1.05 bits per heavy atom. The Balaban J connectivity index is 2.43. The summed E-state index contributed by atoms with van der Waals surface area (Å²) in [7, 11) is 1.57. The first-order valence-electron chi connectivity index (χ1n) is 6.57. The molecule has 0 aliphatic carbocycles. The second-order valence-electron chi connectivity index (χ2n) is 4.79. The molecule has 108 valence electrons. The van der Waals surface area contributed by atoms with Gasteiger partial charge in [-0.2, -0.15) is 0 Å². The fourth-order valence-corrected chi connectivity index (χ4v) is 2.25. The number of carbonyl (C=O) groups excluding carboxylic acids is 2. The van der Waals surface area contributed by atoms with Crippen LogP contribution in [-0.2, 0) is 4.79 Å². The van der Waals surface area contributed by atoms with E-state index in [-0.39, 0.29) is 5.78 Å². The van der Waals surface area contributed by atoms with Crippen LogP contribution in [0.1, 0.15) is 34.3 Å². The summed E-state index contributed by atoms with van der Waals surface area (Å²) in [6.07, 6.45) is 0. The number of hydrogen-bond donors (Lipinski definition) is 1. The van der Waals surface area contributed by atoms with E-state index in [1.807, 2.05) is 12.1 Å². The summed E-state index contributed by atoms with van der Waals surface area (Å²) in [5, 5.41) is 0. The number of Topliss-reactive ketones (excluding diaryl/α,β-unsaturated/α-hetero) is 1. The summed E-state index contributed by atoms with van der Waals surface area (Å²) in [5.41, 5.74) is 7.66.